The van der Waals surface area contributed by atoms with Crippen LogP contribution in [0.5, 0.6) is 0 Å². The number of rotatable bonds is 8. The average molecular weight is 337 g/mol. The Balaban J connectivity index is 1.60. The number of nitrogens with one attached hydrogen (secondary N) is 2. The summed E-state index contributed by atoms with van der Waals surface area (Å²) in [6, 6.07) is 4.34. The first-order valence-electron chi connectivity index (χ1n) is 8.48. The van der Waals surface area contributed by atoms with Crippen molar-refractivity contribution in [1.82, 2.24) is 15.5 Å². The molecule has 6 heteroatoms. The molecule has 0 spiro atoms. The van der Waals surface area contributed by atoms with E-state index in [4.69, 9.17) is 0 Å². The maximum Gasteiger partial charge on any atom is 0.234 e. The number of piperidine rings is 1. The Bertz CT molecular complexity index is 482. The number of hydrogen-bond acceptors (Lipinski definition) is 4. The lowest BCUT2D eigenvalue weighted by molar-refractivity contribution is -0.124. The first kappa shape index (κ1) is 17.9. The average Bonchev–Trinajstić information content (AvgIpc) is 3.06. The van der Waals surface area contributed by atoms with Crippen molar-refractivity contribution in [2.45, 2.75) is 45.1 Å². The second kappa shape index (κ2) is 9.67. The van der Waals surface area contributed by atoms with Crippen LogP contribution in [0.25, 0.3) is 0 Å². The fraction of sp³-hybridized carbons (Fsp3) is 0.647. The molecule has 1 saturated heterocycles. The van der Waals surface area contributed by atoms with E-state index >= 15 is 0 Å². The molecular formula is C17H27N3O2S. The van der Waals surface area contributed by atoms with Crippen LogP contribution in [-0.2, 0) is 16.0 Å². The van der Waals surface area contributed by atoms with Gasteiger partial charge in [0.05, 0.1) is 6.54 Å². The maximum absolute atomic E-state index is 12.0. The Morgan fingerprint density at radius 1 is 1.30 bits per heavy atom. The van der Waals surface area contributed by atoms with Crippen molar-refractivity contribution < 1.29 is 9.59 Å². The molecule has 1 aromatic heterocycles. The van der Waals surface area contributed by atoms with Crippen molar-refractivity contribution in [3.63, 3.8) is 0 Å². The molecule has 2 N–H and O–H groups in total. The Hall–Kier alpha value is -1.40. The summed E-state index contributed by atoms with van der Waals surface area (Å²) >= 11 is 1.70. The summed E-state index contributed by atoms with van der Waals surface area (Å²) in [7, 11) is 0. The molecule has 1 aliphatic rings. The Morgan fingerprint density at radius 2 is 2.09 bits per heavy atom. The highest BCUT2D eigenvalue weighted by Crippen LogP contribution is 2.12. The van der Waals surface area contributed by atoms with E-state index in [2.05, 4.69) is 21.6 Å². The van der Waals surface area contributed by atoms with Crippen LogP contribution in [0.15, 0.2) is 17.5 Å². The minimum absolute atomic E-state index is 0.102. The number of carbonyl (C=O) groups is 2. The van der Waals surface area contributed by atoms with Crippen molar-refractivity contribution in [3.8, 4) is 0 Å². The van der Waals surface area contributed by atoms with E-state index in [0.717, 1.165) is 45.3 Å². The zero-order valence-corrected chi connectivity index (χ0v) is 14.7. The fourth-order valence-electron chi connectivity index (χ4n) is 2.75. The molecule has 2 rings (SSSR count). The third-order valence-electron chi connectivity index (χ3n) is 4.07. The van der Waals surface area contributed by atoms with E-state index < -0.39 is 0 Å². The van der Waals surface area contributed by atoms with E-state index in [1.54, 1.807) is 11.3 Å². The van der Waals surface area contributed by atoms with Gasteiger partial charge in [-0.05, 0) is 37.1 Å². The highest BCUT2D eigenvalue weighted by molar-refractivity contribution is 7.09. The number of thiophene rings is 1. The molecule has 0 bridgehead atoms. The monoisotopic (exact) mass is 337 g/mol. The van der Waals surface area contributed by atoms with Gasteiger partial charge in [0.1, 0.15) is 0 Å². The van der Waals surface area contributed by atoms with Crippen LogP contribution in [0, 0.1) is 0 Å². The lowest BCUT2D eigenvalue weighted by Crippen LogP contribution is -2.47. The van der Waals surface area contributed by atoms with Gasteiger partial charge in [0.25, 0.3) is 0 Å². The van der Waals surface area contributed by atoms with Gasteiger partial charge in [0.2, 0.25) is 11.8 Å². The second-order valence-electron chi connectivity index (χ2n) is 6.05. The van der Waals surface area contributed by atoms with Crippen molar-refractivity contribution in [1.29, 1.82) is 0 Å². The van der Waals surface area contributed by atoms with Gasteiger partial charge >= 0.3 is 0 Å². The summed E-state index contributed by atoms with van der Waals surface area (Å²) in [5.74, 6) is 0.239. The molecule has 1 fully saturated rings. The molecule has 5 nitrogen and oxygen atoms in total. The highest BCUT2D eigenvalue weighted by Gasteiger charge is 2.21. The zero-order chi connectivity index (χ0) is 16.5. The molecule has 0 saturated carbocycles. The normalized spacial score (nSPS) is 16.2. The first-order chi connectivity index (χ1) is 11.2. The minimum Gasteiger partial charge on any atom is -0.355 e. The molecule has 0 unspecified atom stereocenters. The number of nitrogens with zero attached hydrogens (tertiary/aromatic N) is 1. The fourth-order valence-corrected chi connectivity index (χ4v) is 3.46. The molecule has 0 radical (unpaired) electrons. The van der Waals surface area contributed by atoms with E-state index in [1.807, 2.05) is 18.4 Å². The minimum atomic E-state index is 0.102. The highest BCUT2D eigenvalue weighted by atomic mass is 32.1. The lowest BCUT2D eigenvalue weighted by atomic mass is 10.0. The topological polar surface area (TPSA) is 61.4 Å². The molecule has 2 heterocycles. The first-order valence-corrected chi connectivity index (χ1v) is 9.36. The van der Waals surface area contributed by atoms with E-state index in [-0.39, 0.29) is 17.9 Å². The van der Waals surface area contributed by atoms with Gasteiger partial charge in [-0.2, -0.15) is 0 Å². The van der Waals surface area contributed by atoms with Crippen LogP contribution in [-0.4, -0.2) is 48.9 Å². The van der Waals surface area contributed by atoms with Crippen LogP contribution >= 0.6 is 11.3 Å². The molecule has 0 aromatic carbocycles. The summed E-state index contributed by atoms with van der Waals surface area (Å²) in [5.41, 5.74) is 0. The van der Waals surface area contributed by atoms with Gasteiger partial charge in [0.15, 0.2) is 0 Å². The Morgan fingerprint density at radius 3 is 2.74 bits per heavy atom. The van der Waals surface area contributed by atoms with E-state index in [9.17, 15) is 9.59 Å². The third-order valence-corrected chi connectivity index (χ3v) is 5.01. The van der Waals surface area contributed by atoms with Crippen molar-refractivity contribution in [3.05, 3.63) is 22.4 Å². The number of carbonyl (C=O) groups excluding carboxylic acids is 2. The maximum atomic E-state index is 12.0. The molecule has 128 valence electrons. The largest absolute Gasteiger partial charge is 0.355 e. The molecule has 1 aromatic rings. The standard InChI is InChI=1S/C17H27N3O2S/c1-2-9-18-17(22)13-20-10-7-14(8-11-20)19-16(21)6-5-15-4-3-12-23-15/h3-4,12,14H,2,5-11,13H2,1H3,(H,18,22)(H,19,21). The van der Waals surface area contributed by atoms with Crippen molar-refractivity contribution >= 4 is 23.2 Å². The lowest BCUT2D eigenvalue weighted by Gasteiger charge is -2.31. The second-order valence-corrected chi connectivity index (χ2v) is 7.08. The summed E-state index contributed by atoms with van der Waals surface area (Å²) in [6.07, 6.45) is 4.18. The SMILES string of the molecule is CCCNC(=O)CN1CCC(NC(=O)CCc2cccs2)CC1. The quantitative estimate of drug-likeness (QED) is 0.760. The van der Waals surface area contributed by atoms with Gasteiger partial charge in [-0.15, -0.1) is 11.3 Å². The number of aryl methyl sites for hydroxylation is 1. The van der Waals surface area contributed by atoms with Crippen molar-refractivity contribution in [2.75, 3.05) is 26.2 Å². The van der Waals surface area contributed by atoms with E-state index in [0.29, 0.717) is 13.0 Å². The molecule has 0 atom stereocenters. The van der Waals surface area contributed by atoms with Crippen LogP contribution in [0.4, 0.5) is 0 Å². The smallest absolute Gasteiger partial charge is 0.234 e. The number of likely N-dealkylation sites (tertiary alicyclic amines) is 1. The summed E-state index contributed by atoms with van der Waals surface area (Å²) < 4.78 is 0. The Labute approximate surface area is 142 Å². The molecule has 23 heavy (non-hydrogen) atoms. The summed E-state index contributed by atoms with van der Waals surface area (Å²) in [4.78, 5) is 27.1. The Kier molecular flexibility index (Phi) is 7.55. The molecule has 1 aliphatic heterocycles. The van der Waals surface area contributed by atoms with Crippen molar-refractivity contribution in [2.24, 2.45) is 0 Å². The molecular weight excluding hydrogens is 310 g/mol. The predicted octanol–water partition coefficient (Wildman–Crippen LogP) is 1.79. The summed E-state index contributed by atoms with van der Waals surface area (Å²) in [5, 5.41) is 8.07. The van der Waals surface area contributed by atoms with E-state index in [1.165, 1.54) is 4.88 Å². The van der Waals surface area contributed by atoms with Gasteiger partial charge in [0, 0.05) is 37.0 Å². The van der Waals surface area contributed by atoms with Crippen LogP contribution in [0.1, 0.15) is 37.5 Å². The zero-order valence-electron chi connectivity index (χ0n) is 13.8. The van der Waals surface area contributed by atoms with Gasteiger partial charge < -0.3 is 10.6 Å². The molecule has 2 amide bonds. The number of hydrogen-bond donors (Lipinski definition) is 2. The van der Waals surface area contributed by atoms with Gasteiger partial charge in [-0.3, -0.25) is 14.5 Å². The van der Waals surface area contributed by atoms with Crippen LogP contribution in [0.2, 0.25) is 0 Å². The number of amides is 2. The third kappa shape index (κ3) is 6.71. The van der Waals surface area contributed by atoms with Crippen LogP contribution < -0.4 is 10.6 Å². The van der Waals surface area contributed by atoms with Gasteiger partial charge in [-0.25, -0.2) is 0 Å². The van der Waals surface area contributed by atoms with Gasteiger partial charge in [-0.1, -0.05) is 13.0 Å². The molecule has 0 aliphatic carbocycles. The van der Waals surface area contributed by atoms with Crippen LogP contribution in [0.3, 0.4) is 0 Å². The summed E-state index contributed by atoms with van der Waals surface area (Å²) in [6.45, 7) is 5.01. The predicted molar refractivity (Wildman–Crippen MR) is 93.5 cm³/mol.